The highest BCUT2D eigenvalue weighted by Crippen LogP contribution is 2.32. The van der Waals surface area contributed by atoms with Crippen molar-refractivity contribution in [3.63, 3.8) is 0 Å². The maximum Gasteiger partial charge on any atom is 0.264 e. The van der Waals surface area contributed by atoms with Crippen LogP contribution in [0.5, 0.6) is 0 Å². The molecule has 0 aliphatic heterocycles. The lowest BCUT2D eigenvalue weighted by Crippen LogP contribution is -2.44. The van der Waals surface area contributed by atoms with Crippen LogP contribution in [0.4, 0.5) is 5.69 Å². The van der Waals surface area contributed by atoms with Crippen LogP contribution >= 0.6 is 11.3 Å². The zero-order valence-electron chi connectivity index (χ0n) is 12.4. The van der Waals surface area contributed by atoms with Gasteiger partial charge in [-0.3, -0.25) is 9.59 Å². The molecule has 7 heteroatoms. The summed E-state index contributed by atoms with van der Waals surface area (Å²) in [5.74, 6) is -0.521. The molecule has 112 valence electrons. The van der Waals surface area contributed by atoms with Gasteiger partial charge in [0.15, 0.2) is 0 Å². The quantitative estimate of drug-likeness (QED) is 0.897. The number of fused-ring (bicyclic) bond motifs is 1. The van der Waals surface area contributed by atoms with E-state index >= 15 is 0 Å². The molecule has 0 saturated carbocycles. The van der Waals surface area contributed by atoms with Crippen molar-refractivity contribution in [2.24, 2.45) is 0 Å². The van der Waals surface area contributed by atoms with Gasteiger partial charge in [-0.25, -0.2) is 4.98 Å². The molecule has 0 fully saturated rings. The number of nitrogens with two attached hydrogens (primary N) is 1. The van der Waals surface area contributed by atoms with Gasteiger partial charge in [-0.15, -0.1) is 11.3 Å². The van der Waals surface area contributed by atoms with E-state index in [4.69, 9.17) is 5.73 Å². The van der Waals surface area contributed by atoms with E-state index in [-0.39, 0.29) is 11.8 Å². The van der Waals surface area contributed by atoms with Gasteiger partial charge in [0.05, 0.1) is 5.69 Å². The fourth-order valence-corrected chi connectivity index (χ4v) is 3.01. The Kier molecular flexibility index (Phi) is 4.13. The van der Waals surface area contributed by atoms with Gasteiger partial charge in [-0.05, 0) is 26.0 Å². The van der Waals surface area contributed by atoms with E-state index in [1.165, 1.54) is 16.2 Å². The molecule has 2 amide bonds. The molecule has 2 rings (SSSR count). The SMILES string of the molecule is Cc1ccc2c(N)c(C(=O)NC(C)C(=O)N(C)C)sc2n1. The molecule has 2 aromatic rings. The van der Waals surface area contributed by atoms with E-state index < -0.39 is 6.04 Å². The first-order chi connectivity index (χ1) is 9.81. The minimum atomic E-state index is -0.605. The number of amides is 2. The molecule has 0 saturated heterocycles. The minimum Gasteiger partial charge on any atom is -0.397 e. The Morgan fingerprint density at radius 1 is 1.38 bits per heavy atom. The number of carbonyl (C=O) groups excluding carboxylic acids is 2. The molecule has 3 N–H and O–H groups in total. The fraction of sp³-hybridized carbons (Fsp3) is 0.357. The number of carbonyl (C=O) groups is 2. The molecule has 0 aromatic carbocycles. The number of rotatable bonds is 3. The summed E-state index contributed by atoms with van der Waals surface area (Å²) in [6.45, 7) is 3.53. The monoisotopic (exact) mass is 306 g/mol. The second-order valence-electron chi connectivity index (χ2n) is 5.08. The van der Waals surface area contributed by atoms with Gasteiger partial charge < -0.3 is 16.0 Å². The topological polar surface area (TPSA) is 88.3 Å². The van der Waals surface area contributed by atoms with E-state index in [2.05, 4.69) is 10.3 Å². The average Bonchev–Trinajstić information content (AvgIpc) is 2.74. The largest absolute Gasteiger partial charge is 0.397 e. The highest BCUT2D eigenvalue weighted by atomic mass is 32.1. The molecule has 1 unspecified atom stereocenters. The molecular formula is C14H18N4O2S. The summed E-state index contributed by atoms with van der Waals surface area (Å²) in [4.78, 5) is 31.0. The van der Waals surface area contributed by atoms with Crippen LogP contribution in [0.15, 0.2) is 12.1 Å². The number of nitrogens with one attached hydrogen (secondary N) is 1. The zero-order valence-corrected chi connectivity index (χ0v) is 13.2. The summed E-state index contributed by atoms with van der Waals surface area (Å²) >= 11 is 1.24. The van der Waals surface area contributed by atoms with Crippen LogP contribution in [0.3, 0.4) is 0 Å². The Bertz CT molecular complexity index is 708. The van der Waals surface area contributed by atoms with Gasteiger partial charge in [-0.1, -0.05) is 0 Å². The number of likely N-dealkylation sites (N-methyl/N-ethyl adjacent to an activating group) is 1. The summed E-state index contributed by atoms with van der Waals surface area (Å²) in [5.41, 5.74) is 7.29. The standard InChI is InChI=1S/C14H18N4O2S/c1-7-5-6-9-10(15)11(21-13(9)16-7)12(19)17-8(2)14(20)18(3)4/h5-6,8H,15H2,1-4H3,(H,17,19). The summed E-state index contributed by atoms with van der Waals surface area (Å²) in [6, 6.07) is 3.10. The number of hydrogen-bond acceptors (Lipinski definition) is 5. The number of aryl methyl sites for hydroxylation is 1. The predicted octanol–water partition coefficient (Wildman–Crippen LogP) is 1.39. The smallest absolute Gasteiger partial charge is 0.264 e. The van der Waals surface area contributed by atoms with Crippen molar-refractivity contribution in [2.75, 3.05) is 19.8 Å². The normalized spacial score (nSPS) is 12.2. The van der Waals surface area contributed by atoms with Crippen molar-refractivity contribution < 1.29 is 9.59 Å². The zero-order chi connectivity index (χ0) is 15.7. The van der Waals surface area contributed by atoms with Crippen LogP contribution in [0, 0.1) is 6.92 Å². The van der Waals surface area contributed by atoms with Gasteiger partial charge in [0, 0.05) is 25.2 Å². The van der Waals surface area contributed by atoms with Crippen LogP contribution in [-0.4, -0.2) is 41.8 Å². The van der Waals surface area contributed by atoms with E-state index in [1.54, 1.807) is 21.0 Å². The van der Waals surface area contributed by atoms with E-state index in [1.807, 2.05) is 19.1 Å². The third-order valence-electron chi connectivity index (χ3n) is 3.10. The van der Waals surface area contributed by atoms with E-state index in [0.717, 1.165) is 15.9 Å². The number of anilines is 1. The molecule has 0 aliphatic carbocycles. The Balaban J connectivity index is 2.28. The molecule has 21 heavy (non-hydrogen) atoms. The van der Waals surface area contributed by atoms with Crippen LogP contribution in [-0.2, 0) is 4.79 Å². The third kappa shape index (κ3) is 2.97. The molecule has 2 heterocycles. The summed E-state index contributed by atoms with van der Waals surface area (Å²) < 4.78 is 0. The third-order valence-corrected chi connectivity index (χ3v) is 4.21. The van der Waals surface area contributed by atoms with Crippen LogP contribution < -0.4 is 11.1 Å². The number of nitrogen functional groups attached to an aromatic ring is 1. The molecule has 2 aromatic heterocycles. The molecule has 6 nitrogen and oxygen atoms in total. The lowest BCUT2D eigenvalue weighted by molar-refractivity contribution is -0.130. The summed E-state index contributed by atoms with van der Waals surface area (Å²) in [5, 5.41) is 3.43. The number of pyridine rings is 1. The van der Waals surface area contributed by atoms with Crippen molar-refractivity contribution in [1.82, 2.24) is 15.2 Å². The predicted molar refractivity (Wildman–Crippen MR) is 84.4 cm³/mol. The van der Waals surface area contributed by atoms with Gasteiger partial charge >= 0.3 is 0 Å². The maximum absolute atomic E-state index is 12.3. The lowest BCUT2D eigenvalue weighted by Gasteiger charge is -2.17. The van der Waals surface area contributed by atoms with Gasteiger partial charge in [0.2, 0.25) is 5.91 Å². The van der Waals surface area contributed by atoms with Crippen molar-refractivity contribution in [2.45, 2.75) is 19.9 Å². The average molecular weight is 306 g/mol. The minimum absolute atomic E-state index is 0.169. The highest BCUT2D eigenvalue weighted by molar-refractivity contribution is 7.21. The Morgan fingerprint density at radius 2 is 2.05 bits per heavy atom. The Hall–Kier alpha value is -2.15. The molecule has 1 atom stereocenters. The van der Waals surface area contributed by atoms with Crippen molar-refractivity contribution in [3.8, 4) is 0 Å². The first kappa shape index (κ1) is 15.2. The second kappa shape index (κ2) is 5.69. The second-order valence-corrected chi connectivity index (χ2v) is 6.08. The lowest BCUT2D eigenvalue weighted by atomic mass is 10.2. The van der Waals surface area contributed by atoms with E-state index in [9.17, 15) is 9.59 Å². The Morgan fingerprint density at radius 3 is 2.67 bits per heavy atom. The first-order valence-electron chi connectivity index (χ1n) is 6.49. The van der Waals surface area contributed by atoms with Gasteiger partial charge in [0.1, 0.15) is 15.7 Å². The number of nitrogens with zero attached hydrogens (tertiary/aromatic N) is 2. The number of thiophene rings is 1. The first-order valence-corrected chi connectivity index (χ1v) is 7.30. The summed E-state index contributed by atoms with van der Waals surface area (Å²) in [6.07, 6.45) is 0. The van der Waals surface area contributed by atoms with Gasteiger partial charge in [-0.2, -0.15) is 0 Å². The molecule has 0 bridgehead atoms. The maximum atomic E-state index is 12.3. The highest BCUT2D eigenvalue weighted by Gasteiger charge is 2.22. The Labute approximate surface area is 127 Å². The molecular weight excluding hydrogens is 288 g/mol. The van der Waals surface area contributed by atoms with Crippen molar-refractivity contribution in [3.05, 3.63) is 22.7 Å². The number of hydrogen-bond donors (Lipinski definition) is 2. The van der Waals surface area contributed by atoms with Crippen molar-refractivity contribution in [1.29, 1.82) is 0 Å². The molecule has 0 radical (unpaired) electrons. The van der Waals surface area contributed by atoms with Crippen molar-refractivity contribution >= 4 is 39.1 Å². The van der Waals surface area contributed by atoms with E-state index in [0.29, 0.717) is 10.6 Å². The van der Waals surface area contributed by atoms with Crippen LogP contribution in [0.2, 0.25) is 0 Å². The summed E-state index contributed by atoms with van der Waals surface area (Å²) in [7, 11) is 3.29. The van der Waals surface area contributed by atoms with Crippen LogP contribution in [0.1, 0.15) is 22.3 Å². The number of aromatic nitrogens is 1. The molecule has 0 spiro atoms. The van der Waals surface area contributed by atoms with Crippen LogP contribution in [0.25, 0.3) is 10.2 Å². The van der Waals surface area contributed by atoms with Gasteiger partial charge in [0.25, 0.3) is 5.91 Å². The fourth-order valence-electron chi connectivity index (χ4n) is 1.97. The molecule has 0 aliphatic rings.